The highest BCUT2D eigenvalue weighted by Gasteiger charge is 2.67. The first-order valence-electron chi connectivity index (χ1n) is 12.4. The summed E-state index contributed by atoms with van der Waals surface area (Å²) >= 11 is 0. The molecule has 6 bridgehead atoms. The topological polar surface area (TPSA) is 92.0 Å². The lowest BCUT2D eigenvalue weighted by Crippen LogP contribution is -2.38. The van der Waals surface area contributed by atoms with Crippen LogP contribution in [0.5, 0.6) is 5.75 Å². The highest BCUT2D eigenvalue weighted by molar-refractivity contribution is 6.11. The molecule has 7 nitrogen and oxygen atoms in total. The van der Waals surface area contributed by atoms with Gasteiger partial charge < -0.3 is 18.6 Å². The second-order valence-corrected chi connectivity index (χ2v) is 11.5. The zero-order chi connectivity index (χ0) is 22.3. The van der Waals surface area contributed by atoms with Gasteiger partial charge in [-0.05, 0) is 68.6 Å². The van der Waals surface area contributed by atoms with Crippen molar-refractivity contribution in [3.8, 4) is 5.75 Å². The van der Waals surface area contributed by atoms with Crippen LogP contribution in [0.4, 0.5) is 0 Å². The van der Waals surface area contributed by atoms with Crippen molar-refractivity contribution in [3.63, 3.8) is 0 Å². The van der Waals surface area contributed by atoms with Gasteiger partial charge >= 0.3 is 17.9 Å². The largest absolute Gasteiger partial charge is 0.462 e. The molecule has 5 fully saturated rings. The Kier molecular flexibility index (Phi) is 3.37. The lowest BCUT2D eigenvalue weighted by Gasteiger charge is -2.37. The number of rotatable bonds is 4. The predicted octanol–water partition coefficient (Wildman–Crippen LogP) is 3.66. The molecule has 0 aromatic carbocycles. The molecule has 7 heteroatoms. The number of furan rings is 2. The van der Waals surface area contributed by atoms with Gasteiger partial charge in [0.2, 0.25) is 0 Å². The average Bonchev–Trinajstić information content (AvgIpc) is 3.57. The second kappa shape index (κ2) is 5.91. The third-order valence-corrected chi connectivity index (χ3v) is 10.2. The minimum Gasteiger partial charge on any atom is -0.462 e. The third kappa shape index (κ3) is 2.15. The Hall–Kier alpha value is -2.57. The number of esters is 3. The van der Waals surface area contributed by atoms with Crippen molar-refractivity contribution in [2.24, 2.45) is 47.3 Å². The molecule has 0 N–H and O–H groups in total. The Morgan fingerprint density at radius 1 is 0.939 bits per heavy atom. The van der Waals surface area contributed by atoms with E-state index in [-0.39, 0.29) is 59.7 Å². The maximum Gasteiger partial charge on any atom is 0.348 e. The van der Waals surface area contributed by atoms with Crippen molar-refractivity contribution < 1.29 is 33.0 Å². The monoisotopic (exact) mass is 450 g/mol. The van der Waals surface area contributed by atoms with Crippen LogP contribution in [0.15, 0.2) is 4.42 Å². The molecule has 10 atom stereocenters. The molecule has 8 rings (SSSR count). The van der Waals surface area contributed by atoms with Gasteiger partial charge in [0.15, 0.2) is 11.3 Å². The summed E-state index contributed by atoms with van der Waals surface area (Å²) in [5.74, 6) is 1.82. The fourth-order valence-corrected chi connectivity index (χ4v) is 8.82. The molecule has 0 radical (unpaired) electrons. The normalized spacial score (nSPS) is 44.2. The molecule has 7 unspecified atom stereocenters. The molecule has 2 aromatic heterocycles. The Bertz CT molecular complexity index is 1240. The summed E-state index contributed by atoms with van der Waals surface area (Å²) in [6.45, 7) is 4.09. The van der Waals surface area contributed by atoms with E-state index >= 15 is 0 Å². The van der Waals surface area contributed by atoms with Crippen LogP contribution in [0.3, 0.4) is 0 Å². The number of hydrogen-bond donors (Lipinski definition) is 0. The first-order valence-corrected chi connectivity index (χ1v) is 12.4. The lowest BCUT2D eigenvalue weighted by atomic mass is 9.65. The number of fused-ring (bicyclic) bond motifs is 4. The number of carbonyl (C=O) groups is 3. The van der Waals surface area contributed by atoms with Crippen LogP contribution in [-0.2, 0) is 25.5 Å². The fourth-order valence-electron chi connectivity index (χ4n) is 8.82. The minimum atomic E-state index is -0.332. The average molecular weight is 450 g/mol. The van der Waals surface area contributed by atoms with Crippen molar-refractivity contribution >= 4 is 29.1 Å². The van der Waals surface area contributed by atoms with Gasteiger partial charge in [-0.3, -0.25) is 9.59 Å². The molecule has 3 aliphatic carbocycles. The molecule has 33 heavy (non-hydrogen) atoms. The summed E-state index contributed by atoms with van der Waals surface area (Å²) in [4.78, 5) is 37.6. The van der Waals surface area contributed by atoms with E-state index in [1.165, 1.54) is 0 Å². The zero-order valence-corrected chi connectivity index (χ0v) is 18.7. The quantitative estimate of drug-likeness (QED) is 0.657. The smallest absolute Gasteiger partial charge is 0.348 e. The van der Waals surface area contributed by atoms with E-state index in [4.69, 9.17) is 18.6 Å². The summed E-state index contributed by atoms with van der Waals surface area (Å²) in [6.07, 6.45) is 4.51. The molecule has 5 heterocycles. The Balaban J connectivity index is 1.11. The van der Waals surface area contributed by atoms with Crippen LogP contribution in [0, 0.1) is 54.3 Å². The summed E-state index contributed by atoms with van der Waals surface area (Å²) in [5.41, 5.74) is 3.67. The molecule has 3 aliphatic heterocycles. The molecule has 2 aromatic rings. The van der Waals surface area contributed by atoms with E-state index in [1.807, 2.05) is 6.92 Å². The van der Waals surface area contributed by atoms with Crippen molar-refractivity contribution in [2.75, 3.05) is 0 Å². The summed E-state index contributed by atoms with van der Waals surface area (Å²) < 4.78 is 23.1. The molecule has 6 aliphatic rings. The van der Waals surface area contributed by atoms with E-state index in [9.17, 15) is 14.4 Å². The number of ether oxygens (including phenoxy) is 3. The molecule has 0 amide bonds. The number of aryl methyl sites for hydroxylation is 1. The molecular formula is C26H26O7. The van der Waals surface area contributed by atoms with Crippen LogP contribution >= 0.6 is 0 Å². The predicted molar refractivity (Wildman–Crippen MR) is 113 cm³/mol. The number of hydrogen-bond acceptors (Lipinski definition) is 7. The van der Waals surface area contributed by atoms with Crippen molar-refractivity contribution in [3.05, 3.63) is 16.7 Å². The maximum atomic E-state index is 12.9. The zero-order valence-electron chi connectivity index (χ0n) is 18.7. The lowest BCUT2D eigenvalue weighted by molar-refractivity contribution is -0.146. The van der Waals surface area contributed by atoms with Crippen LogP contribution < -0.4 is 4.74 Å². The summed E-state index contributed by atoms with van der Waals surface area (Å²) in [5, 5.41) is 0. The van der Waals surface area contributed by atoms with Gasteiger partial charge in [0, 0.05) is 17.0 Å². The van der Waals surface area contributed by atoms with E-state index < -0.39 is 0 Å². The van der Waals surface area contributed by atoms with Gasteiger partial charge in [0.1, 0.15) is 23.4 Å². The van der Waals surface area contributed by atoms with Crippen molar-refractivity contribution in [2.45, 2.75) is 58.2 Å². The Morgan fingerprint density at radius 2 is 1.79 bits per heavy atom. The van der Waals surface area contributed by atoms with Gasteiger partial charge in [-0.1, -0.05) is 6.92 Å². The van der Waals surface area contributed by atoms with Gasteiger partial charge in [-0.2, -0.15) is 0 Å². The number of benzene rings is 1. The van der Waals surface area contributed by atoms with Gasteiger partial charge in [0.05, 0.1) is 11.8 Å². The van der Waals surface area contributed by atoms with E-state index in [1.54, 1.807) is 0 Å². The SMILES string of the molecule is Cc1c2c3oc1c(C[C@H]1C4CC5C(OC(=O)C51)C4C[C@H]1C[C@@H](C)C4CC1C(=O)O4)c3OC2=O. The number of carbonyl (C=O) groups excluding carboxylic acids is 3. The van der Waals surface area contributed by atoms with Crippen molar-refractivity contribution in [1.82, 2.24) is 0 Å². The van der Waals surface area contributed by atoms with Crippen LogP contribution in [0.25, 0.3) is 11.2 Å². The van der Waals surface area contributed by atoms with Gasteiger partial charge in [-0.25, -0.2) is 4.79 Å². The highest BCUT2D eigenvalue weighted by atomic mass is 16.6. The summed E-state index contributed by atoms with van der Waals surface area (Å²) in [6, 6.07) is 0. The maximum absolute atomic E-state index is 12.9. The van der Waals surface area contributed by atoms with Crippen molar-refractivity contribution in [1.29, 1.82) is 0 Å². The van der Waals surface area contributed by atoms with Crippen LogP contribution in [0.1, 0.15) is 54.1 Å². The first-order chi connectivity index (χ1) is 15.9. The van der Waals surface area contributed by atoms with E-state index in [0.29, 0.717) is 41.1 Å². The highest BCUT2D eigenvalue weighted by Crippen LogP contribution is 2.64. The fraction of sp³-hybridized carbons (Fsp3) is 0.654. The van der Waals surface area contributed by atoms with Gasteiger partial charge in [-0.15, -0.1) is 0 Å². The van der Waals surface area contributed by atoms with Crippen LogP contribution in [0.2, 0.25) is 0 Å². The molecule has 3 saturated carbocycles. The first kappa shape index (κ1) is 18.8. The van der Waals surface area contributed by atoms with Gasteiger partial charge in [0.25, 0.3) is 0 Å². The Morgan fingerprint density at radius 3 is 2.64 bits per heavy atom. The Labute approximate surface area is 190 Å². The molecule has 172 valence electrons. The third-order valence-electron chi connectivity index (χ3n) is 10.2. The van der Waals surface area contributed by atoms with E-state index in [0.717, 1.165) is 42.4 Å². The standard InChI is InChI=1S/C26H26O7/c1-8-3-10(11-7-17(8)30-24(11)27)4-14-12-5-15-19(26(29)32-21(14)15)13(12)6-16-20-9(2)18-23(31-20)22(16)33-25(18)28/h8,10-15,17,19,21H,3-7H2,1-2H3/t8-,10-,11?,12?,13+,14?,15?,17?,19?,21?/m1/s1. The van der Waals surface area contributed by atoms with Crippen LogP contribution in [-0.4, -0.2) is 30.1 Å². The molecule has 0 spiro atoms. The molecular weight excluding hydrogens is 424 g/mol. The van der Waals surface area contributed by atoms with E-state index in [2.05, 4.69) is 6.92 Å². The minimum absolute atomic E-state index is 0.00311. The molecule has 2 saturated heterocycles. The second-order valence-electron chi connectivity index (χ2n) is 11.5. The summed E-state index contributed by atoms with van der Waals surface area (Å²) in [7, 11) is 0.